The maximum absolute atomic E-state index is 14.1. The Labute approximate surface area is 132 Å². The standard InChI is InChI=1S/C15H16Cl2FNS/c1-2-8-19-13(9-10-6-7-14(17)20-10)15-11(16)4-3-5-12(15)18/h3-7,13,19H,2,8-9H2,1H3. The van der Waals surface area contributed by atoms with Gasteiger partial charge in [0, 0.05) is 27.9 Å². The summed E-state index contributed by atoms with van der Waals surface area (Å²) in [7, 11) is 0. The summed E-state index contributed by atoms with van der Waals surface area (Å²) in [5.41, 5.74) is 0.534. The van der Waals surface area contributed by atoms with E-state index in [0.717, 1.165) is 22.2 Å². The van der Waals surface area contributed by atoms with E-state index in [1.165, 1.54) is 17.4 Å². The topological polar surface area (TPSA) is 12.0 Å². The van der Waals surface area contributed by atoms with Crippen LogP contribution in [0.3, 0.4) is 0 Å². The second-order valence-corrected chi connectivity index (χ2v) is 6.76. The van der Waals surface area contributed by atoms with Crippen LogP contribution in [0.5, 0.6) is 0 Å². The van der Waals surface area contributed by atoms with Gasteiger partial charge >= 0.3 is 0 Å². The maximum Gasteiger partial charge on any atom is 0.129 e. The summed E-state index contributed by atoms with van der Waals surface area (Å²) in [6, 6.07) is 8.49. The molecule has 0 aliphatic rings. The van der Waals surface area contributed by atoms with Gasteiger partial charge in [0.05, 0.1) is 4.34 Å². The first kappa shape index (κ1) is 15.8. The summed E-state index contributed by atoms with van der Waals surface area (Å²) < 4.78 is 14.8. The SMILES string of the molecule is CCCNC(Cc1ccc(Cl)s1)c1c(F)cccc1Cl. The fraction of sp³-hybridized carbons (Fsp3) is 0.333. The number of benzene rings is 1. The zero-order chi connectivity index (χ0) is 14.5. The molecule has 0 saturated carbocycles. The average Bonchev–Trinajstić information content (AvgIpc) is 2.81. The fourth-order valence-electron chi connectivity index (χ4n) is 2.10. The van der Waals surface area contributed by atoms with Crippen LogP contribution >= 0.6 is 34.5 Å². The molecule has 0 fully saturated rings. The minimum Gasteiger partial charge on any atom is -0.309 e. The molecule has 1 unspecified atom stereocenters. The van der Waals surface area contributed by atoms with Crippen LogP contribution in [-0.2, 0) is 6.42 Å². The monoisotopic (exact) mass is 331 g/mol. The van der Waals surface area contributed by atoms with Gasteiger partial charge in [-0.05, 0) is 37.2 Å². The molecule has 2 aromatic rings. The van der Waals surface area contributed by atoms with Gasteiger partial charge < -0.3 is 5.32 Å². The van der Waals surface area contributed by atoms with Crippen LogP contribution in [0, 0.1) is 5.82 Å². The van der Waals surface area contributed by atoms with Gasteiger partial charge in [-0.2, -0.15) is 0 Å². The van der Waals surface area contributed by atoms with Crippen LogP contribution in [0.1, 0.15) is 29.8 Å². The Balaban J connectivity index is 2.27. The molecule has 1 N–H and O–H groups in total. The molecule has 0 aliphatic carbocycles. The fourth-order valence-corrected chi connectivity index (χ4v) is 3.53. The van der Waals surface area contributed by atoms with Gasteiger partial charge in [0.1, 0.15) is 5.82 Å². The van der Waals surface area contributed by atoms with E-state index < -0.39 is 0 Å². The summed E-state index contributed by atoms with van der Waals surface area (Å²) in [6.07, 6.45) is 1.66. The maximum atomic E-state index is 14.1. The molecular formula is C15H16Cl2FNS. The number of nitrogens with one attached hydrogen (secondary N) is 1. The minimum absolute atomic E-state index is 0.140. The van der Waals surface area contributed by atoms with Crippen LogP contribution in [0.15, 0.2) is 30.3 Å². The third-order valence-corrected chi connectivity index (χ3v) is 4.61. The van der Waals surface area contributed by atoms with Crippen LogP contribution in [0.2, 0.25) is 9.36 Å². The van der Waals surface area contributed by atoms with Gasteiger partial charge in [-0.25, -0.2) is 4.39 Å². The second kappa shape index (κ2) is 7.41. The van der Waals surface area contributed by atoms with Crippen LogP contribution < -0.4 is 5.32 Å². The number of hydrogen-bond acceptors (Lipinski definition) is 2. The minimum atomic E-state index is -0.270. The van der Waals surface area contributed by atoms with Crippen molar-refractivity contribution < 1.29 is 4.39 Å². The molecule has 0 spiro atoms. The Morgan fingerprint density at radius 2 is 2.05 bits per heavy atom. The highest BCUT2D eigenvalue weighted by Gasteiger charge is 2.19. The first-order valence-corrected chi connectivity index (χ1v) is 8.10. The molecule has 1 atom stereocenters. The quantitative estimate of drug-likeness (QED) is 0.739. The normalized spacial score (nSPS) is 12.6. The Morgan fingerprint density at radius 3 is 2.65 bits per heavy atom. The molecule has 108 valence electrons. The summed E-state index contributed by atoms with van der Waals surface area (Å²) in [5.74, 6) is -0.270. The van der Waals surface area contributed by atoms with Crippen molar-refractivity contribution in [2.45, 2.75) is 25.8 Å². The first-order valence-electron chi connectivity index (χ1n) is 6.53. The molecule has 20 heavy (non-hydrogen) atoms. The number of rotatable bonds is 6. The van der Waals surface area contributed by atoms with E-state index in [2.05, 4.69) is 12.2 Å². The molecule has 0 aliphatic heterocycles. The van der Waals surface area contributed by atoms with Crippen molar-refractivity contribution in [3.05, 3.63) is 55.9 Å². The second-order valence-electron chi connectivity index (χ2n) is 4.55. The molecule has 0 radical (unpaired) electrons. The van der Waals surface area contributed by atoms with E-state index >= 15 is 0 Å². The number of halogens is 3. The molecule has 0 saturated heterocycles. The smallest absolute Gasteiger partial charge is 0.129 e. The van der Waals surface area contributed by atoms with Crippen molar-refractivity contribution >= 4 is 34.5 Å². The van der Waals surface area contributed by atoms with E-state index in [0.29, 0.717) is 17.0 Å². The molecule has 0 amide bonds. The van der Waals surface area contributed by atoms with Crippen molar-refractivity contribution in [3.8, 4) is 0 Å². The van der Waals surface area contributed by atoms with Gasteiger partial charge in [-0.15, -0.1) is 11.3 Å². The van der Waals surface area contributed by atoms with Crippen LogP contribution in [0.4, 0.5) is 4.39 Å². The van der Waals surface area contributed by atoms with Crippen molar-refractivity contribution in [3.63, 3.8) is 0 Å². The largest absolute Gasteiger partial charge is 0.309 e. The van der Waals surface area contributed by atoms with E-state index in [9.17, 15) is 4.39 Å². The van der Waals surface area contributed by atoms with Crippen molar-refractivity contribution in [2.75, 3.05) is 6.54 Å². The highest BCUT2D eigenvalue weighted by atomic mass is 35.5. The molecule has 5 heteroatoms. The van der Waals surface area contributed by atoms with E-state index in [-0.39, 0.29) is 11.9 Å². The number of thiophene rings is 1. The zero-order valence-electron chi connectivity index (χ0n) is 11.1. The lowest BCUT2D eigenvalue weighted by atomic mass is 10.0. The highest BCUT2D eigenvalue weighted by molar-refractivity contribution is 7.16. The van der Waals surface area contributed by atoms with Gasteiger partial charge in [0.2, 0.25) is 0 Å². The van der Waals surface area contributed by atoms with E-state index in [4.69, 9.17) is 23.2 Å². The third kappa shape index (κ3) is 3.95. The Hall–Kier alpha value is -0.610. The molecule has 1 heterocycles. The van der Waals surface area contributed by atoms with Crippen molar-refractivity contribution in [1.82, 2.24) is 5.32 Å². The summed E-state index contributed by atoms with van der Waals surface area (Å²) in [6.45, 7) is 2.89. The predicted molar refractivity (Wildman–Crippen MR) is 85.5 cm³/mol. The molecule has 0 bridgehead atoms. The third-order valence-electron chi connectivity index (χ3n) is 3.02. The lowest BCUT2D eigenvalue weighted by Gasteiger charge is -2.20. The van der Waals surface area contributed by atoms with Gasteiger partial charge in [0.15, 0.2) is 0 Å². The lowest BCUT2D eigenvalue weighted by molar-refractivity contribution is 0.499. The molecule has 2 rings (SSSR count). The molecule has 1 aromatic carbocycles. The van der Waals surface area contributed by atoms with Gasteiger partial charge in [-0.3, -0.25) is 0 Å². The van der Waals surface area contributed by atoms with Gasteiger partial charge in [-0.1, -0.05) is 36.2 Å². The van der Waals surface area contributed by atoms with Gasteiger partial charge in [0.25, 0.3) is 0 Å². The predicted octanol–water partition coefficient (Wildman–Crippen LogP) is 5.48. The average molecular weight is 332 g/mol. The van der Waals surface area contributed by atoms with E-state index in [1.54, 1.807) is 12.1 Å². The molecule has 1 aromatic heterocycles. The lowest BCUT2D eigenvalue weighted by Crippen LogP contribution is -2.25. The molecular weight excluding hydrogens is 316 g/mol. The summed E-state index contributed by atoms with van der Waals surface area (Å²) in [5, 5.41) is 3.82. The van der Waals surface area contributed by atoms with Crippen LogP contribution in [0.25, 0.3) is 0 Å². The highest BCUT2D eigenvalue weighted by Crippen LogP contribution is 2.31. The van der Waals surface area contributed by atoms with E-state index in [1.807, 2.05) is 12.1 Å². The Bertz CT molecular complexity index is 551. The molecule has 1 nitrogen and oxygen atoms in total. The summed E-state index contributed by atoms with van der Waals surface area (Å²) >= 11 is 13.6. The summed E-state index contributed by atoms with van der Waals surface area (Å²) in [4.78, 5) is 1.11. The Kier molecular flexibility index (Phi) is 5.85. The first-order chi connectivity index (χ1) is 9.61. The number of hydrogen-bond donors (Lipinski definition) is 1. The van der Waals surface area contributed by atoms with Crippen molar-refractivity contribution in [2.24, 2.45) is 0 Å². The van der Waals surface area contributed by atoms with Crippen LogP contribution in [-0.4, -0.2) is 6.54 Å². The zero-order valence-corrected chi connectivity index (χ0v) is 13.5. The Morgan fingerprint density at radius 1 is 1.25 bits per heavy atom. The van der Waals surface area contributed by atoms with Crippen molar-refractivity contribution in [1.29, 1.82) is 0 Å².